The number of pyridine rings is 2. The molecule has 0 bridgehead atoms. The highest BCUT2D eigenvalue weighted by atomic mass is 16.7. The molecule has 25 heavy (non-hydrogen) atoms. The first kappa shape index (κ1) is 15.1. The van der Waals surface area contributed by atoms with E-state index in [0.717, 1.165) is 16.8 Å². The number of aryl methyl sites for hydroxylation is 1. The van der Waals surface area contributed by atoms with Crippen molar-refractivity contribution in [3.8, 4) is 11.5 Å². The molecule has 6 nitrogen and oxygen atoms in total. The molecule has 1 aliphatic rings. The summed E-state index contributed by atoms with van der Waals surface area (Å²) in [4.78, 5) is 21.0. The summed E-state index contributed by atoms with van der Waals surface area (Å²) in [7, 11) is 0. The summed E-state index contributed by atoms with van der Waals surface area (Å²) in [6, 6.07) is 11.0. The summed E-state index contributed by atoms with van der Waals surface area (Å²) in [5, 5.41) is 2.86. The second-order valence-electron chi connectivity index (χ2n) is 5.59. The average Bonchev–Trinajstić information content (AvgIpc) is 3.09. The van der Waals surface area contributed by atoms with Crippen LogP contribution in [0, 0.1) is 6.92 Å². The Morgan fingerprint density at radius 1 is 1.24 bits per heavy atom. The van der Waals surface area contributed by atoms with Crippen LogP contribution in [0.1, 0.15) is 11.3 Å². The lowest BCUT2D eigenvalue weighted by Gasteiger charge is -2.07. The number of benzene rings is 1. The first-order chi connectivity index (χ1) is 12.2. The highest BCUT2D eigenvalue weighted by Gasteiger charge is 2.15. The van der Waals surface area contributed by atoms with E-state index < -0.39 is 0 Å². The van der Waals surface area contributed by atoms with Crippen LogP contribution in [0.25, 0.3) is 17.1 Å². The van der Waals surface area contributed by atoms with Gasteiger partial charge in [-0.25, -0.2) is 0 Å². The zero-order valence-electron chi connectivity index (χ0n) is 13.5. The molecule has 0 aliphatic carbocycles. The van der Waals surface area contributed by atoms with Gasteiger partial charge in [-0.3, -0.25) is 14.8 Å². The molecular formula is C19H15N3O3. The van der Waals surface area contributed by atoms with Crippen LogP contribution in [0.3, 0.4) is 0 Å². The quantitative estimate of drug-likeness (QED) is 0.744. The van der Waals surface area contributed by atoms with Gasteiger partial charge in [-0.2, -0.15) is 0 Å². The summed E-state index contributed by atoms with van der Waals surface area (Å²) in [6.07, 6.45) is 4.84. The largest absolute Gasteiger partial charge is 0.454 e. The normalized spacial score (nSPS) is 12.7. The molecule has 0 fully saturated rings. The van der Waals surface area contributed by atoms with Crippen LogP contribution in [0.15, 0.2) is 48.7 Å². The number of anilines is 1. The molecule has 1 aromatic carbocycles. The van der Waals surface area contributed by atoms with Gasteiger partial charge < -0.3 is 14.8 Å². The van der Waals surface area contributed by atoms with Crippen molar-refractivity contribution in [2.45, 2.75) is 6.92 Å². The van der Waals surface area contributed by atoms with Crippen LogP contribution in [0.2, 0.25) is 0 Å². The van der Waals surface area contributed by atoms with E-state index in [2.05, 4.69) is 15.3 Å². The van der Waals surface area contributed by atoms with E-state index in [1.165, 1.54) is 6.08 Å². The Morgan fingerprint density at radius 2 is 2.16 bits per heavy atom. The lowest BCUT2D eigenvalue weighted by molar-refractivity contribution is -0.111. The molecule has 3 heterocycles. The van der Waals surface area contributed by atoms with Gasteiger partial charge in [0.2, 0.25) is 12.7 Å². The van der Waals surface area contributed by atoms with Crippen LogP contribution in [0.5, 0.6) is 11.5 Å². The number of fused-ring (bicyclic) bond motifs is 2. The molecule has 0 unspecified atom stereocenters. The topological polar surface area (TPSA) is 73.3 Å². The van der Waals surface area contributed by atoms with Gasteiger partial charge >= 0.3 is 0 Å². The lowest BCUT2D eigenvalue weighted by Crippen LogP contribution is -2.09. The van der Waals surface area contributed by atoms with Crippen molar-refractivity contribution in [3.05, 3.63) is 59.9 Å². The fraction of sp³-hybridized carbons (Fsp3) is 0.105. The Labute approximate surface area is 144 Å². The van der Waals surface area contributed by atoms with Gasteiger partial charge in [-0.15, -0.1) is 0 Å². The van der Waals surface area contributed by atoms with Gasteiger partial charge in [0, 0.05) is 23.5 Å². The molecular weight excluding hydrogens is 318 g/mol. The summed E-state index contributed by atoms with van der Waals surface area (Å²) in [5.74, 6) is 1.08. The van der Waals surface area contributed by atoms with Crippen molar-refractivity contribution in [2.24, 2.45) is 0 Å². The van der Waals surface area contributed by atoms with E-state index in [0.29, 0.717) is 22.7 Å². The van der Waals surface area contributed by atoms with Crippen LogP contribution < -0.4 is 14.8 Å². The van der Waals surface area contributed by atoms with Crippen molar-refractivity contribution in [2.75, 3.05) is 12.1 Å². The number of para-hydroxylation sites is 1. The molecule has 3 aromatic rings. The second-order valence-corrected chi connectivity index (χ2v) is 5.59. The molecule has 0 atom stereocenters. The summed E-state index contributed by atoms with van der Waals surface area (Å²) in [5.41, 5.74) is 3.64. The Balaban J connectivity index is 1.58. The molecule has 124 valence electrons. The summed E-state index contributed by atoms with van der Waals surface area (Å²) < 4.78 is 10.8. The molecule has 0 spiro atoms. The van der Waals surface area contributed by atoms with Gasteiger partial charge in [0.05, 0.1) is 11.2 Å². The van der Waals surface area contributed by atoms with E-state index in [-0.39, 0.29) is 12.7 Å². The molecule has 2 aromatic heterocycles. The predicted molar refractivity (Wildman–Crippen MR) is 94.5 cm³/mol. The SMILES string of the molecule is Cc1cc(NC(=O)C=Cc2cccc3c2OCO3)c2ncccc2n1. The molecule has 1 aliphatic heterocycles. The molecule has 0 saturated carbocycles. The van der Waals surface area contributed by atoms with E-state index in [1.54, 1.807) is 18.3 Å². The maximum absolute atomic E-state index is 12.3. The zero-order chi connectivity index (χ0) is 17.2. The van der Waals surface area contributed by atoms with Crippen molar-refractivity contribution in [1.29, 1.82) is 0 Å². The van der Waals surface area contributed by atoms with E-state index in [1.807, 2.05) is 37.3 Å². The van der Waals surface area contributed by atoms with Crippen molar-refractivity contribution in [3.63, 3.8) is 0 Å². The Hall–Kier alpha value is -3.41. The number of ether oxygens (including phenoxy) is 2. The monoisotopic (exact) mass is 333 g/mol. The Morgan fingerprint density at radius 3 is 3.08 bits per heavy atom. The van der Waals surface area contributed by atoms with E-state index in [4.69, 9.17) is 9.47 Å². The number of hydrogen-bond acceptors (Lipinski definition) is 5. The minimum absolute atomic E-state index is 0.195. The standard InChI is InChI=1S/C19H15N3O3/c1-12-10-15(18-14(21-12)5-3-9-20-18)22-17(23)8-7-13-4-2-6-16-19(13)25-11-24-16/h2-10H,11H2,1H3,(H,21,22,23). The Kier molecular flexibility index (Phi) is 3.78. The van der Waals surface area contributed by atoms with E-state index >= 15 is 0 Å². The van der Waals surface area contributed by atoms with Crippen LogP contribution in [-0.2, 0) is 4.79 Å². The third-order valence-electron chi connectivity index (χ3n) is 3.79. The number of amides is 1. The van der Waals surface area contributed by atoms with Crippen LogP contribution >= 0.6 is 0 Å². The maximum atomic E-state index is 12.3. The minimum atomic E-state index is -0.255. The fourth-order valence-electron chi connectivity index (χ4n) is 2.71. The van der Waals surface area contributed by atoms with Gasteiger partial charge in [0.15, 0.2) is 11.5 Å². The smallest absolute Gasteiger partial charge is 0.248 e. The molecule has 1 N–H and O–H groups in total. The summed E-state index contributed by atoms with van der Waals surface area (Å²) >= 11 is 0. The maximum Gasteiger partial charge on any atom is 0.248 e. The number of rotatable bonds is 3. The molecule has 1 amide bonds. The molecule has 4 rings (SSSR count). The second kappa shape index (κ2) is 6.24. The molecule has 0 saturated heterocycles. The predicted octanol–water partition coefficient (Wildman–Crippen LogP) is 3.32. The first-order valence-electron chi connectivity index (χ1n) is 7.81. The third kappa shape index (κ3) is 3.01. The van der Waals surface area contributed by atoms with Crippen molar-refractivity contribution >= 4 is 28.7 Å². The van der Waals surface area contributed by atoms with Gasteiger partial charge in [-0.1, -0.05) is 12.1 Å². The number of carbonyl (C=O) groups excluding carboxylic acids is 1. The van der Waals surface area contributed by atoms with Crippen molar-refractivity contribution in [1.82, 2.24) is 9.97 Å². The van der Waals surface area contributed by atoms with Gasteiger partial charge in [-0.05, 0) is 37.3 Å². The number of aromatic nitrogens is 2. The van der Waals surface area contributed by atoms with Gasteiger partial charge in [0.1, 0.15) is 5.52 Å². The van der Waals surface area contributed by atoms with Crippen LogP contribution in [-0.4, -0.2) is 22.7 Å². The van der Waals surface area contributed by atoms with Crippen molar-refractivity contribution < 1.29 is 14.3 Å². The minimum Gasteiger partial charge on any atom is -0.454 e. The van der Waals surface area contributed by atoms with E-state index in [9.17, 15) is 4.79 Å². The van der Waals surface area contributed by atoms with Crippen LogP contribution in [0.4, 0.5) is 5.69 Å². The number of hydrogen-bond donors (Lipinski definition) is 1. The number of carbonyl (C=O) groups is 1. The average molecular weight is 333 g/mol. The molecule has 6 heteroatoms. The lowest BCUT2D eigenvalue weighted by atomic mass is 10.1. The number of nitrogens with zero attached hydrogens (tertiary/aromatic N) is 2. The first-order valence-corrected chi connectivity index (χ1v) is 7.81. The zero-order valence-corrected chi connectivity index (χ0v) is 13.5. The highest BCUT2D eigenvalue weighted by Crippen LogP contribution is 2.35. The van der Waals surface area contributed by atoms with Gasteiger partial charge in [0.25, 0.3) is 0 Å². The summed E-state index contributed by atoms with van der Waals surface area (Å²) in [6.45, 7) is 2.07. The third-order valence-corrected chi connectivity index (χ3v) is 3.79. The fourth-order valence-corrected chi connectivity index (χ4v) is 2.71. The molecule has 0 radical (unpaired) electrons. The Bertz CT molecular complexity index is 998. The number of nitrogens with one attached hydrogen (secondary N) is 1. The highest BCUT2D eigenvalue weighted by molar-refractivity contribution is 6.06.